The minimum Gasteiger partial charge on any atom is -0.383 e. The van der Waals surface area contributed by atoms with E-state index in [1.807, 2.05) is 11.8 Å². The summed E-state index contributed by atoms with van der Waals surface area (Å²) in [6.07, 6.45) is -1.61. The smallest absolute Gasteiger partial charge is 0.383 e. The van der Waals surface area contributed by atoms with Crippen LogP contribution >= 0.6 is 11.3 Å². The lowest BCUT2D eigenvalue weighted by Gasteiger charge is -2.22. The first-order valence-corrected chi connectivity index (χ1v) is 11.2. The highest BCUT2D eigenvalue weighted by Crippen LogP contribution is 2.37. The molecule has 4 rings (SSSR count). The van der Waals surface area contributed by atoms with Crippen molar-refractivity contribution in [2.24, 2.45) is 0 Å². The molecule has 0 atom stereocenters. The Kier molecular flexibility index (Phi) is 6.80. The number of imidazole rings is 1. The van der Waals surface area contributed by atoms with E-state index in [0.29, 0.717) is 30.6 Å². The van der Waals surface area contributed by atoms with Gasteiger partial charge in [-0.1, -0.05) is 18.2 Å². The van der Waals surface area contributed by atoms with Gasteiger partial charge in [-0.3, -0.25) is 10.1 Å². The Morgan fingerprint density at radius 1 is 1.29 bits per heavy atom. The summed E-state index contributed by atoms with van der Waals surface area (Å²) < 4.78 is 47.3. The maximum Gasteiger partial charge on any atom is 0.417 e. The number of methoxy groups -OCH3 is 1. The largest absolute Gasteiger partial charge is 0.417 e. The van der Waals surface area contributed by atoms with Crippen LogP contribution < -0.4 is 10.2 Å². The summed E-state index contributed by atoms with van der Waals surface area (Å²) in [6, 6.07) is 6.74. The molecule has 0 spiro atoms. The van der Waals surface area contributed by atoms with Crippen LogP contribution in [-0.2, 0) is 10.9 Å². The third kappa shape index (κ3) is 4.87. The Labute approximate surface area is 197 Å². The lowest BCUT2D eigenvalue weighted by molar-refractivity contribution is -0.137. The van der Waals surface area contributed by atoms with Crippen molar-refractivity contribution in [3.8, 4) is 11.3 Å². The molecular formula is C22H21F3N6O2S. The van der Waals surface area contributed by atoms with E-state index in [0.717, 1.165) is 6.07 Å². The molecule has 1 amide bonds. The maximum absolute atomic E-state index is 13.6. The number of alkyl halides is 3. The van der Waals surface area contributed by atoms with Crippen LogP contribution in [0.15, 0.2) is 48.1 Å². The molecule has 1 aromatic carbocycles. The summed E-state index contributed by atoms with van der Waals surface area (Å²) in [4.78, 5) is 23.5. The van der Waals surface area contributed by atoms with Gasteiger partial charge in [-0.25, -0.2) is 14.5 Å². The first kappa shape index (κ1) is 23.6. The number of rotatable bonds is 8. The second kappa shape index (κ2) is 9.77. The number of likely N-dealkylation sites (N-methyl/N-ethyl adjacent to an activating group) is 1. The van der Waals surface area contributed by atoms with E-state index in [1.165, 1.54) is 40.2 Å². The Morgan fingerprint density at radius 3 is 2.76 bits per heavy atom. The van der Waals surface area contributed by atoms with Gasteiger partial charge in [0.25, 0.3) is 5.91 Å². The number of carbonyl (C=O) groups excluding carboxylic acids is 1. The standard InChI is InChI=1S/C22H21F3N6O2S/c1-3-30(9-10-33-2)18-12-15(20(32)28-21-26-8-11-34-21)19-27-17(13-31(19)29-18)14-6-4-5-7-16(14)22(23,24)25/h4-8,11-13H,3,9-10H2,1-2H3,(H,26,28,32). The number of carbonyl (C=O) groups is 1. The van der Waals surface area contributed by atoms with Gasteiger partial charge in [0.05, 0.1) is 29.6 Å². The van der Waals surface area contributed by atoms with E-state index < -0.39 is 17.6 Å². The number of hydrogen-bond donors (Lipinski definition) is 1. The van der Waals surface area contributed by atoms with Crippen molar-refractivity contribution >= 4 is 33.8 Å². The van der Waals surface area contributed by atoms with Crippen LogP contribution in [0.5, 0.6) is 0 Å². The Morgan fingerprint density at radius 2 is 2.09 bits per heavy atom. The lowest BCUT2D eigenvalue weighted by Crippen LogP contribution is -2.29. The van der Waals surface area contributed by atoms with E-state index >= 15 is 0 Å². The Bertz CT molecular complexity index is 1290. The average molecular weight is 491 g/mol. The summed E-state index contributed by atoms with van der Waals surface area (Å²) in [5.74, 6) is -0.0305. The topological polar surface area (TPSA) is 84.6 Å². The number of thiazole rings is 1. The van der Waals surface area contributed by atoms with Crippen molar-refractivity contribution in [1.82, 2.24) is 19.6 Å². The van der Waals surface area contributed by atoms with E-state index in [1.54, 1.807) is 24.8 Å². The van der Waals surface area contributed by atoms with Crippen LogP contribution in [0, 0.1) is 0 Å². The molecule has 12 heteroatoms. The van der Waals surface area contributed by atoms with Gasteiger partial charge in [0, 0.05) is 37.3 Å². The summed E-state index contributed by atoms with van der Waals surface area (Å²) in [7, 11) is 1.58. The second-order valence-corrected chi connectivity index (χ2v) is 8.11. The lowest BCUT2D eigenvalue weighted by atomic mass is 10.1. The molecule has 3 heterocycles. The molecule has 1 N–H and O–H groups in total. The fraction of sp³-hybridized carbons (Fsp3) is 0.273. The number of ether oxygens (including phenoxy) is 1. The van der Waals surface area contributed by atoms with E-state index in [2.05, 4.69) is 20.4 Å². The number of halogens is 3. The molecule has 4 aromatic rings. The molecule has 0 aliphatic carbocycles. The predicted molar refractivity (Wildman–Crippen MR) is 123 cm³/mol. The maximum atomic E-state index is 13.6. The zero-order valence-electron chi connectivity index (χ0n) is 18.3. The van der Waals surface area contributed by atoms with Crippen molar-refractivity contribution in [3.63, 3.8) is 0 Å². The fourth-order valence-electron chi connectivity index (χ4n) is 3.45. The average Bonchev–Trinajstić information content (AvgIpc) is 3.48. The number of anilines is 2. The second-order valence-electron chi connectivity index (χ2n) is 7.22. The SMILES string of the molecule is CCN(CCOC)c1cc(C(=O)Nc2nccs2)c2nc(-c3ccccc3C(F)(F)F)cn2n1. The van der Waals surface area contributed by atoms with Crippen molar-refractivity contribution < 1.29 is 22.7 Å². The van der Waals surface area contributed by atoms with Crippen molar-refractivity contribution in [1.29, 1.82) is 0 Å². The number of nitrogens with zero attached hydrogens (tertiary/aromatic N) is 5. The molecule has 0 bridgehead atoms. The highest BCUT2D eigenvalue weighted by Gasteiger charge is 2.34. The van der Waals surface area contributed by atoms with Gasteiger partial charge in [0.1, 0.15) is 0 Å². The third-order valence-corrected chi connectivity index (χ3v) is 5.78. The molecule has 0 saturated heterocycles. The molecule has 0 radical (unpaired) electrons. The monoisotopic (exact) mass is 490 g/mol. The van der Waals surface area contributed by atoms with Crippen LogP contribution in [0.2, 0.25) is 0 Å². The van der Waals surface area contributed by atoms with Crippen LogP contribution in [-0.4, -0.2) is 52.3 Å². The number of benzene rings is 1. The number of hydrogen-bond acceptors (Lipinski definition) is 7. The quantitative estimate of drug-likeness (QED) is 0.389. The summed E-state index contributed by atoms with van der Waals surface area (Å²) >= 11 is 1.25. The molecule has 178 valence electrons. The Hall–Kier alpha value is -3.51. The normalized spacial score (nSPS) is 11.7. The van der Waals surface area contributed by atoms with Gasteiger partial charge in [-0.15, -0.1) is 16.4 Å². The van der Waals surface area contributed by atoms with Crippen LogP contribution in [0.3, 0.4) is 0 Å². The minimum absolute atomic E-state index is 0.0563. The molecule has 0 unspecified atom stereocenters. The van der Waals surface area contributed by atoms with Gasteiger partial charge in [-0.2, -0.15) is 13.2 Å². The van der Waals surface area contributed by atoms with E-state index in [-0.39, 0.29) is 22.5 Å². The first-order valence-electron chi connectivity index (χ1n) is 10.3. The summed E-state index contributed by atoms with van der Waals surface area (Å²) in [5.41, 5.74) is -0.567. The van der Waals surface area contributed by atoms with E-state index in [9.17, 15) is 18.0 Å². The minimum atomic E-state index is -4.56. The highest BCUT2D eigenvalue weighted by atomic mass is 32.1. The van der Waals surface area contributed by atoms with Gasteiger partial charge >= 0.3 is 6.18 Å². The van der Waals surface area contributed by atoms with Crippen LogP contribution in [0.25, 0.3) is 16.9 Å². The number of amides is 1. The van der Waals surface area contributed by atoms with E-state index in [4.69, 9.17) is 4.74 Å². The Balaban J connectivity index is 1.86. The summed E-state index contributed by atoms with van der Waals surface area (Å²) in [5, 5.41) is 9.34. The zero-order chi connectivity index (χ0) is 24.3. The first-order chi connectivity index (χ1) is 16.3. The molecule has 0 aliphatic heterocycles. The molecular weight excluding hydrogens is 469 g/mol. The van der Waals surface area contributed by atoms with Crippen LogP contribution in [0.4, 0.5) is 24.1 Å². The number of nitrogens with one attached hydrogen (secondary N) is 1. The number of fused-ring (bicyclic) bond motifs is 1. The summed E-state index contributed by atoms with van der Waals surface area (Å²) in [6.45, 7) is 3.45. The van der Waals surface area contributed by atoms with Gasteiger partial charge in [0.2, 0.25) is 0 Å². The molecule has 3 aromatic heterocycles. The van der Waals surface area contributed by atoms with Gasteiger partial charge < -0.3 is 9.64 Å². The highest BCUT2D eigenvalue weighted by molar-refractivity contribution is 7.13. The molecule has 34 heavy (non-hydrogen) atoms. The van der Waals surface area contributed by atoms with Crippen LogP contribution in [0.1, 0.15) is 22.8 Å². The number of aromatic nitrogens is 4. The fourth-order valence-corrected chi connectivity index (χ4v) is 3.98. The van der Waals surface area contributed by atoms with Crippen molar-refractivity contribution in [2.75, 3.05) is 37.0 Å². The molecule has 0 saturated carbocycles. The predicted octanol–water partition coefficient (Wildman–Crippen LogP) is 4.60. The van der Waals surface area contributed by atoms with Gasteiger partial charge in [0.15, 0.2) is 16.6 Å². The molecule has 0 fully saturated rings. The van der Waals surface area contributed by atoms with Crippen molar-refractivity contribution in [3.05, 3.63) is 59.2 Å². The molecule has 0 aliphatic rings. The van der Waals surface area contributed by atoms with Gasteiger partial charge in [-0.05, 0) is 19.1 Å². The van der Waals surface area contributed by atoms with Crippen molar-refractivity contribution in [2.45, 2.75) is 13.1 Å². The third-order valence-electron chi connectivity index (χ3n) is 5.09. The zero-order valence-corrected chi connectivity index (χ0v) is 19.2. The molecule has 8 nitrogen and oxygen atoms in total.